The third-order valence-corrected chi connectivity index (χ3v) is 4.49. The van der Waals surface area contributed by atoms with Crippen LogP contribution in [0.5, 0.6) is 0 Å². The van der Waals surface area contributed by atoms with E-state index in [0.717, 1.165) is 0 Å². The zero-order valence-corrected chi connectivity index (χ0v) is 11.9. The van der Waals surface area contributed by atoms with Crippen LogP contribution in [-0.2, 0) is 14.8 Å². The molecule has 0 bridgehead atoms. The van der Waals surface area contributed by atoms with Crippen molar-refractivity contribution in [1.82, 2.24) is 9.29 Å². The summed E-state index contributed by atoms with van der Waals surface area (Å²) in [5, 5.41) is 8.64. The van der Waals surface area contributed by atoms with Crippen LogP contribution in [0.3, 0.4) is 0 Å². The molecule has 0 fully saturated rings. The first-order valence-electron chi connectivity index (χ1n) is 6.00. The maximum atomic E-state index is 12.3. The first-order chi connectivity index (χ1) is 9.06. The zero-order valence-electron chi connectivity index (χ0n) is 11.0. The number of pyridine rings is 1. The summed E-state index contributed by atoms with van der Waals surface area (Å²) < 4.78 is 31.1. The fraction of sp³-hybridized carbons (Fsp3) is 0.500. The molecule has 1 aromatic heterocycles. The lowest BCUT2D eigenvalue weighted by Crippen LogP contribution is -2.34. The van der Waals surface area contributed by atoms with Crippen LogP contribution >= 0.6 is 0 Å². The fourth-order valence-electron chi connectivity index (χ4n) is 1.51. The van der Waals surface area contributed by atoms with Crippen LogP contribution < -0.4 is 0 Å². The third-order valence-electron chi connectivity index (χ3n) is 2.53. The number of likely N-dealkylation sites (N-methyl/N-ethyl adjacent to an activating group) is 1. The highest BCUT2D eigenvalue weighted by atomic mass is 32.2. The van der Waals surface area contributed by atoms with E-state index < -0.39 is 10.0 Å². The predicted octanol–water partition coefficient (Wildman–Crippen LogP) is 1.00. The Balaban J connectivity index is 2.90. The Morgan fingerprint density at radius 3 is 2.63 bits per heavy atom. The maximum Gasteiger partial charge on any atom is 0.244 e. The lowest BCUT2D eigenvalue weighted by Gasteiger charge is -2.20. The molecule has 19 heavy (non-hydrogen) atoms. The van der Waals surface area contributed by atoms with Crippen LogP contribution in [0.25, 0.3) is 0 Å². The van der Waals surface area contributed by atoms with E-state index in [9.17, 15) is 8.42 Å². The summed E-state index contributed by atoms with van der Waals surface area (Å²) in [5.74, 6) is 0. The van der Waals surface area contributed by atoms with Gasteiger partial charge in [-0.3, -0.25) is 0 Å². The number of nitriles is 1. The molecular formula is C12H17N3O3S. The molecule has 0 N–H and O–H groups in total. The Morgan fingerprint density at radius 1 is 1.42 bits per heavy atom. The second kappa shape index (κ2) is 7.19. The van der Waals surface area contributed by atoms with Crippen molar-refractivity contribution in [3.05, 3.63) is 24.0 Å². The number of hydrogen-bond acceptors (Lipinski definition) is 5. The van der Waals surface area contributed by atoms with E-state index >= 15 is 0 Å². The van der Waals surface area contributed by atoms with Crippen molar-refractivity contribution in [2.75, 3.05) is 26.3 Å². The Bertz CT molecular complexity index is 534. The van der Waals surface area contributed by atoms with E-state index in [0.29, 0.717) is 26.3 Å². The van der Waals surface area contributed by atoms with Crippen molar-refractivity contribution in [2.24, 2.45) is 0 Å². The normalized spacial score (nSPS) is 11.5. The van der Waals surface area contributed by atoms with Crippen molar-refractivity contribution >= 4 is 10.0 Å². The van der Waals surface area contributed by atoms with Crippen molar-refractivity contribution in [1.29, 1.82) is 5.26 Å². The average Bonchev–Trinajstić information content (AvgIpc) is 2.43. The minimum absolute atomic E-state index is 0.0878. The van der Waals surface area contributed by atoms with Crippen molar-refractivity contribution in [2.45, 2.75) is 18.7 Å². The second-order valence-corrected chi connectivity index (χ2v) is 5.62. The molecule has 7 heteroatoms. The zero-order chi connectivity index (χ0) is 14.3. The SMILES string of the molecule is CCOCCN(CC)S(=O)(=O)c1ccc(C#N)nc1. The van der Waals surface area contributed by atoms with Crippen LogP contribution in [0.2, 0.25) is 0 Å². The van der Waals surface area contributed by atoms with E-state index in [1.807, 2.05) is 13.0 Å². The molecule has 0 aliphatic heterocycles. The molecule has 0 saturated carbocycles. The molecule has 1 heterocycles. The summed E-state index contributed by atoms with van der Waals surface area (Å²) in [7, 11) is -3.58. The molecule has 0 spiro atoms. The molecular weight excluding hydrogens is 266 g/mol. The van der Waals surface area contributed by atoms with Crippen LogP contribution in [0.1, 0.15) is 19.5 Å². The van der Waals surface area contributed by atoms with Gasteiger partial charge in [-0.05, 0) is 19.1 Å². The molecule has 6 nitrogen and oxygen atoms in total. The summed E-state index contributed by atoms with van der Waals surface area (Å²) in [5.41, 5.74) is 0.191. The molecule has 1 aromatic rings. The van der Waals surface area contributed by atoms with Gasteiger partial charge in [-0.2, -0.15) is 9.57 Å². The second-order valence-electron chi connectivity index (χ2n) is 3.68. The Hall–Kier alpha value is -1.49. The van der Waals surface area contributed by atoms with Gasteiger partial charge in [0.1, 0.15) is 16.7 Å². The molecule has 0 atom stereocenters. The van der Waals surface area contributed by atoms with Crippen LogP contribution in [0, 0.1) is 11.3 Å². The molecule has 0 aromatic carbocycles. The molecule has 1 rings (SSSR count). The maximum absolute atomic E-state index is 12.3. The highest BCUT2D eigenvalue weighted by Crippen LogP contribution is 2.14. The molecule has 0 unspecified atom stereocenters. The van der Waals surface area contributed by atoms with Crippen LogP contribution in [0.4, 0.5) is 0 Å². The highest BCUT2D eigenvalue weighted by Gasteiger charge is 2.23. The Kier molecular flexibility index (Phi) is 5.89. The Morgan fingerprint density at radius 2 is 2.16 bits per heavy atom. The monoisotopic (exact) mass is 283 g/mol. The summed E-state index contributed by atoms with van der Waals surface area (Å²) in [4.78, 5) is 3.87. The largest absolute Gasteiger partial charge is 0.380 e. The first kappa shape index (κ1) is 15.6. The van der Waals surface area contributed by atoms with Crippen LogP contribution in [-0.4, -0.2) is 44.0 Å². The quantitative estimate of drug-likeness (QED) is 0.697. The van der Waals surface area contributed by atoms with Gasteiger partial charge in [0, 0.05) is 25.9 Å². The van der Waals surface area contributed by atoms with Gasteiger partial charge in [-0.1, -0.05) is 6.92 Å². The van der Waals surface area contributed by atoms with Gasteiger partial charge in [-0.15, -0.1) is 0 Å². The summed E-state index contributed by atoms with van der Waals surface area (Å²) in [6.07, 6.45) is 1.21. The number of rotatable bonds is 7. The Labute approximate surface area is 113 Å². The third kappa shape index (κ3) is 3.99. The minimum Gasteiger partial charge on any atom is -0.380 e. The molecule has 0 saturated heterocycles. The van der Waals surface area contributed by atoms with Gasteiger partial charge in [0.25, 0.3) is 0 Å². The van der Waals surface area contributed by atoms with Gasteiger partial charge in [0.2, 0.25) is 10.0 Å². The van der Waals surface area contributed by atoms with Gasteiger partial charge in [-0.25, -0.2) is 13.4 Å². The number of nitrogens with zero attached hydrogens (tertiary/aromatic N) is 3. The molecule has 0 aliphatic rings. The number of sulfonamides is 1. The van der Waals surface area contributed by atoms with E-state index in [1.165, 1.54) is 22.6 Å². The lowest BCUT2D eigenvalue weighted by molar-refractivity contribution is 0.135. The average molecular weight is 283 g/mol. The van der Waals surface area contributed by atoms with Crippen molar-refractivity contribution < 1.29 is 13.2 Å². The summed E-state index contributed by atoms with van der Waals surface area (Å²) in [6.45, 7) is 5.18. The van der Waals surface area contributed by atoms with E-state index in [2.05, 4.69) is 4.98 Å². The molecule has 0 aliphatic carbocycles. The standard InChI is InChI=1S/C12H17N3O3S/c1-3-15(7-8-18-4-2)19(16,17)12-6-5-11(9-13)14-10-12/h5-6,10H,3-4,7-8H2,1-2H3. The van der Waals surface area contributed by atoms with E-state index in [-0.39, 0.29) is 10.6 Å². The number of ether oxygens (including phenoxy) is 1. The minimum atomic E-state index is -3.58. The van der Waals surface area contributed by atoms with Crippen molar-refractivity contribution in [3.8, 4) is 6.07 Å². The summed E-state index contributed by atoms with van der Waals surface area (Å²) in [6, 6.07) is 4.64. The highest BCUT2D eigenvalue weighted by molar-refractivity contribution is 7.89. The summed E-state index contributed by atoms with van der Waals surface area (Å²) >= 11 is 0. The molecule has 0 radical (unpaired) electrons. The molecule has 104 valence electrons. The van der Waals surface area contributed by atoms with Gasteiger partial charge < -0.3 is 4.74 Å². The number of aromatic nitrogens is 1. The topological polar surface area (TPSA) is 83.3 Å². The smallest absolute Gasteiger partial charge is 0.244 e. The van der Waals surface area contributed by atoms with Gasteiger partial charge in [0.15, 0.2) is 0 Å². The fourth-order valence-corrected chi connectivity index (χ4v) is 2.89. The molecule has 0 amide bonds. The van der Waals surface area contributed by atoms with Gasteiger partial charge in [0.05, 0.1) is 6.61 Å². The number of hydrogen-bond donors (Lipinski definition) is 0. The van der Waals surface area contributed by atoms with E-state index in [1.54, 1.807) is 6.92 Å². The van der Waals surface area contributed by atoms with Crippen molar-refractivity contribution in [3.63, 3.8) is 0 Å². The first-order valence-corrected chi connectivity index (χ1v) is 7.44. The van der Waals surface area contributed by atoms with E-state index in [4.69, 9.17) is 10.00 Å². The predicted molar refractivity (Wildman–Crippen MR) is 69.9 cm³/mol. The van der Waals surface area contributed by atoms with Crippen LogP contribution in [0.15, 0.2) is 23.2 Å². The van der Waals surface area contributed by atoms with Gasteiger partial charge >= 0.3 is 0 Å². The lowest BCUT2D eigenvalue weighted by atomic mass is 10.4.